The Balaban J connectivity index is 2.00. The zero-order valence-corrected chi connectivity index (χ0v) is 31.3. The van der Waals surface area contributed by atoms with Crippen molar-refractivity contribution in [3.05, 3.63) is 0 Å². The van der Waals surface area contributed by atoms with Crippen LogP contribution in [0.1, 0.15) is 87.0 Å². The maximum absolute atomic E-state index is 13.5. The fourth-order valence-corrected chi connectivity index (χ4v) is 6.29. The van der Waals surface area contributed by atoms with Gasteiger partial charge < -0.3 is 52.3 Å². The van der Waals surface area contributed by atoms with Gasteiger partial charge in [-0.2, -0.15) is 0 Å². The number of nitrogens with two attached hydrogens (primary N) is 1. The number of amides is 7. The monoisotopic (exact) mass is 738 g/mol. The molecule has 2 heterocycles. The number of aliphatic hydroxyl groups is 1. The molecular weight excluding hydrogens is 680 g/mol. The van der Waals surface area contributed by atoms with Gasteiger partial charge in [0.1, 0.15) is 36.3 Å². The van der Waals surface area contributed by atoms with Crippen LogP contribution < -0.4 is 32.3 Å². The molecule has 18 heteroatoms. The third-order valence-corrected chi connectivity index (χ3v) is 8.97. The summed E-state index contributed by atoms with van der Waals surface area (Å²) in [4.78, 5) is 106. The molecule has 294 valence electrons. The standard InChI is InChI=1S/C34H58N8O10/c1-17(2)14-22(38-28(45)19(5)35)33(50)42-13-9-11-25(42)30(47)37-20(6)32(49)41-12-8-10-24(41)29(46)36-16-26(44)40-27(21(7)43)31(48)39-23(34(51)52)15-18(3)4/h17-25,27,43H,8-16,35H2,1-7H3,(H,36,46)(H,37,47)(H,38,45)(H,39,48)(H,40,44)(H,51,52)/t19-,20-,21-,22-,23-,24-,25-,27+/m0/s1. The highest BCUT2D eigenvalue weighted by Crippen LogP contribution is 2.22. The number of carbonyl (C=O) groups excluding carboxylic acids is 7. The van der Waals surface area contributed by atoms with Crippen molar-refractivity contribution >= 4 is 47.3 Å². The average molecular weight is 739 g/mol. The fraction of sp³-hybridized carbons (Fsp3) is 0.765. The molecule has 52 heavy (non-hydrogen) atoms. The topological polar surface area (TPSA) is 270 Å². The van der Waals surface area contributed by atoms with Gasteiger partial charge in [-0.15, -0.1) is 0 Å². The quantitative estimate of drug-likeness (QED) is 0.0758. The molecule has 7 amide bonds. The van der Waals surface area contributed by atoms with Crippen molar-refractivity contribution < 1.29 is 48.6 Å². The van der Waals surface area contributed by atoms with Crippen LogP contribution >= 0.6 is 0 Å². The number of hydrogen-bond donors (Lipinski definition) is 8. The van der Waals surface area contributed by atoms with Crippen LogP contribution in [0.3, 0.4) is 0 Å². The molecule has 0 unspecified atom stereocenters. The first kappa shape index (κ1) is 43.8. The second-order valence-corrected chi connectivity index (χ2v) is 14.6. The molecule has 0 saturated carbocycles. The maximum Gasteiger partial charge on any atom is 0.326 e. The van der Waals surface area contributed by atoms with Gasteiger partial charge in [0.05, 0.1) is 18.7 Å². The van der Waals surface area contributed by atoms with E-state index in [0.717, 1.165) is 0 Å². The Morgan fingerprint density at radius 1 is 0.692 bits per heavy atom. The summed E-state index contributed by atoms with van der Waals surface area (Å²) < 4.78 is 0. The number of likely N-dealkylation sites (tertiary alicyclic amines) is 2. The summed E-state index contributed by atoms with van der Waals surface area (Å²) in [6.45, 7) is 11.5. The van der Waals surface area contributed by atoms with Crippen LogP contribution in [0.5, 0.6) is 0 Å². The minimum Gasteiger partial charge on any atom is -0.480 e. The zero-order chi connectivity index (χ0) is 39.4. The van der Waals surface area contributed by atoms with Gasteiger partial charge in [-0.3, -0.25) is 33.6 Å². The number of rotatable bonds is 18. The number of aliphatic carboxylic acids is 1. The van der Waals surface area contributed by atoms with Crippen molar-refractivity contribution in [2.24, 2.45) is 17.6 Å². The van der Waals surface area contributed by atoms with E-state index in [0.29, 0.717) is 38.6 Å². The van der Waals surface area contributed by atoms with Crippen LogP contribution in [0, 0.1) is 11.8 Å². The van der Waals surface area contributed by atoms with E-state index in [9.17, 15) is 48.6 Å². The van der Waals surface area contributed by atoms with Gasteiger partial charge >= 0.3 is 5.97 Å². The van der Waals surface area contributed by atoms with E-state index in [2.05, 4.69) is 26.6 Å². The largest absolute Gasteiger partial charge is 0.480 e. The number of carbonyl (C=O) groups is 8. The normalized spacial score (nSPS) is 20.7. The first-order valence-electron chi connectivity index (χ1n) is 18.0. The van der Waals surface area contributed by atoms with Crippen LogP contribution in [0.4, 0.5) is 0 Å². The highest BCUT2D eigenvalue weighted by atomic mass is 16.4. The van der Waals surface area contributed by atoms with E-state index in [-0.39, 0.29) is 24.8 Å². The lowest BCUT2D eigenvalue weighted by atomic mass is 10.0. The van der Waals surface area contributed by atoms with Crippen molar-refractivity contribution in [3.63, 3.8) is 0 Å². The Bertz CT molecular complexity index is 1320. The molecule has 2 saturated heterocycles. The van der Waals surface area contributed by atoms with Gasteiger partial charge in [-0.25, -0.2) is 4.79 Å². The molecule has 2 aliphatic rings. The minimum atomic E-state index is -1.49. The summed E-state index contributed by atoms with van der Waals surface area (Å²) in [6, 6.07) is -7.28. The van der Waals surface area contributed by atoms with Crippen LogP contribution in [0.2, 0.25) is 0 Å². The first-order chi connectivity index (χ1) is 24.2. The molecule has 0 aliphatic carbocycles. The number of nitrogens with one attached hydrogen (secondary N) is 5. The number of hydrogen-bond acceptors (Lipinski definition) is 10. The van der Waals surface area contributed by atoms with E-state index in [1.54, 1.807) is 13.8 Å². The third kappa shape index (κ3) is 12.7. The Kier molecular flexibility index (Phi) is 16.9. The van der Waals surface area contributed by atoms with Crippen molar-refractivity contribution in [2.45, 2.75) is 135 Å². The molecule has 2 fully saturated rings. The fourth-order valence-electron chi connectivity index (χ4n) is 6.29. The van der Waals surface area contributed by atoms with Gasteiger partial charge in [-0.1, -0.05) is 27.7 Å². The SMILES string of the molecule is CC(C)C[C@H](NC(=O)[C@H](NC(=O)CNC(=O)[C@@H]1CCCN1C(=O)[C@H](C)NC(=O)[C@@H]1CCCN1C(=O)[C@H](CC(C)C)NC(=O)[C@H](C)N)[C@H](C)O)C(=O)O. The molecule has 0 aromatic carbocycles. The maximum atomic E-state index is 13.5. The van der Waals surface area contributed by atoms with Crippen molar-refractivity contribution in [3.8, 4) is 0 Å². The predicted molar refractivity (Wildman–Crippen MR) is 188 cm³/mol. The minimum absolute atomic E-state index is 0.0546. The molecule has 2 rings (SSSR count). The van der Waals surface area contributed by atoms with Crippen molar-refractivity contribution in [1.82, 2.24) is 36.4 Å². The zero-order valence-electron chi connectivity index (χ0n) is 31.3. The van der Waals surface area contributed by atoms with E-state index in [1.165, 1.54) is 30.6 Å². The molecule has 0 aromatic rings. The smallest absolute Gasteiger partial charge is 0.326 e. The van der Waals surface area contributed by atoms with Gasteiger partial charge in [-0.05, 0) is 71.1 Å². The van der Waals surface area contributed by atoms with Crippen LogP contribution in [-0.2, 0) is 38.4 Å². The summed E-state index contributed by atoms with van der Waals surface area (Å²) in [7, 11) is 0. The molecule has 0 aromatic heterocycles. The Hall–Kier alpha value is -4.32. The van der Waals surface area contributed by atoms with Gasteiger partial charge in [0.15, 0.2) is 0 Å². The average Bonchev–Trinajstić information content (AvgIpc) is 3.75. The van der Waals surface area contributed by atoms with Crippen LogP contribution in [0.15, 0.2) is 0 Å². The summed E-state index contributed by atoms with van der Waals surface area (Å²) in [5.41, 5.74) is 5.69. The number of aliphatic hydroxyl groups excluding tert-OH is 1. The number of nitrogens with zero attached hydrogens (tertiary/aromatic N) is 2. The molecule has 0 bridgehead atoms. The molecular formula is C34H58N8O10. The van der Waals surface area contributed by atoms with Crippen molar-refractivity contribution in [2.75, 3.05) is 19.6 Å². The van der Waals surface area contributed by atoms with Gasteiger partial charge in [0, 0.05) is 13.1 Å². The van der Waals surface area contributed by atoms with Crippen LogP contribution in [0.25, 0.3) is 0 Å². The van der Waals surface area contributed by atoms with E-state index >= 15 is 0 Å². The molecule has 2 aliphatic heterocycles. The van der Waals surface area contributed by atoms with Gasteiger partial charge in [0.2, 0.25) is 41.4 Å². The van der Waals surface area contributed by atoms with E-state index < -0.39 is 102 Å². The first-order valence-corrected chi connectivity index (χ1v) is 18.0. The molecule has 0 radical (unpaired) electrons. The lowest BCUT2D eigenvalue weighted by Gasteiger charge is -2.31. The van der Waals surface area contributed by atoms with Crippen LogP contribution in [-0.4, -0.2) is 135 Å². The number of carboxylic acids is 1. The summed E-state index contributed by atoms with van der Waals surface area (Å²) in [5, 5.41) is 32.0. The lowest BCUT2D eigenvalue weighted by molar-refractivity contribution is -0.144. The highest BCUT2D eigenvalue weighted by Gasteiger charge is 2.41. The van der Waals surface area contributed by atoms with E-state index in [1.807, 2.05) is 13.8 Å². The van der Waals surface area contributed by atoms with E-state index in [4.69, 9.17) is 5.73 Å². The second-order valence-electron chi connectivity index (χ2n) is 14.6. The molecule has 8 atom stereocenters. The number of carboxylic acid groups (broad SMARTS) is 1. The summed E-state index contributed by atoms with van der Waals surface area (Å²) >= 11 is 0. The third-order valence-electron chi connectivity index (χ3n) is 8.97. The Labute approximate surface area is 304 Å². The lowest BCUT2D eigenvalue weighted by Crippen LogP contribution is -2.58. The highest BCUT2D eigenvalue weighted by molar-refractivity contribution is 5.97. The Morgan fingerprint density at radius 2 is 1.19 bits per heavy atom. The predicted octanol–water partition coefficient (Wildman–Crippen LogP) is -2.05. The van der Waals surface area contributed by atoms with Gasteiger partial charge in [0.25, 0.3) is 0 Å². The molecule has 18 nitrogen and oxygen atoms in total. The second kappa shape index (κ2) is 20.1. The molecule has 9 N–H and O–H groups in total. The van der Waals surface area contributed by atoms with Crippen molar-refractivity contribution in [1.29, 1.82) is 0 Å². The summed E-state index contributed by atoms with van der Waals surface area (Å²) in [6.07, 6.45) is 0.777. The Morgan fingerprint density at radius 3 is 1.69 bits per heavy atom. The summed E-state index contributed by atoms with van der Waals surface area (Å²) in [5.74, 6) is -5.59. The molecule has 0 spiro atoms.